The standard InChI is InChI=1S/C24H25F2N7O/c1-14-9-18-19(12-27-14)28-13-29-23(18)34-17-5-6-20-16(10-17)7-8-33(20)15(2)30-22-11-21(24(3,25)26)32(4)31-22/h5-8,10-11,13-14,27H,2,9,12H2,1,3-4H3,(H,30,31)/t14-/m0/s1. The van der Waals surface area contributed by atoms with E-state index in [1.165, 1.54) is 19.4 Å². The lowest BCUT2D eigenvalue weighted by Crippen LogP contribution is -2.33. The highest BCUT2D eigenvalue weighted by Gasteiger charge is 2.29. The number of halogens is 2. The number of nitrogens with one attached hydrogen (secondary N) is 2. The molecular weight excluding hydrogens is 440 g/mol. The number of aryl methyl sites for hydroxylation is 1. The van der Waals surface area contributed by atoms with E-state index in [0.717, 1.165) is 40.2 Å². The Bertz CT molecular complexity index is 1390. The van der Waals surface area contributed by atoms with Crippen molar-refractivity contribution in [2.24, 2.45) is 7.05 Å². The average Bonchev–Trinajstić information content (AvgIpc) is 3.37. The predicted octanol–water partition coefficient (Wildman–Crippen LogP) is 4.64. The lowest BCUT2D eigenvalue weighted by Gasteiger charge is -2.23. The lowest BCUT2D eigenvalue weighted by atomic mass is 10.0. The van der Waals surface area contributed by atoms with E-state index < -0.39 is 5.92 Å². The van der Waals surface area contributed by atoms with Gasteiger partial charge < -0.3 is 19.9 Å². The Morgan fingerprint density at radius 1 is 1.26 bits per heavy atom. The summed E-state index contributed by atoms with van der Waals surface area (Å²) in [5.41, 5.74) is 2.68. The molecule has 176 valence electrons. The Balaban J connectivity index is 1.37. The number of aromatic nitrogens is 5. The molecule has 0 aliphatic carbocycles. The van der Waals surface area contributed by atoms with Crippen LogP contribution in [0.2, 0.25) is 0 Å². The second kappa shape index (κ2) is 8.21. The molecule has 0 radical (unpaired) electrons. The van der Waals surface area contributed by atoms with Crippen molar-refractivity contribution in [3.8, 4) is 11.6 Å². The maximum absolute atomic E-state index is 13.7. The molecule has 1 aliphatic rings. The van der Waals surface area contributed by atoms with Gasteiger partial charge in [-0.25, -0.2) is 9.97 Å². The second-order valence-corrected chi connectivity index (χ2v) is 8.60. The third-order valence-electron chi connectivity index (χ3n) is 5.89. The molecule has 3 aromatic heterocycles. The molecule has 0 spiro atoms. The maximum Gasteiger partial charge on any atom is 0.286 e. The first kappa shape index (κ1) is 22.0. The molecule has 4 aromatic rings. The first-order valence-electron chi connectivity index (χ1n) is 10.9. The van der Waals surface area contributed by atoms with Crippen molar-refractivity contribution >= 4 is 22.5 Å². The normalized spacial score (nSPS) is 15.9. The van der Waals surface area contributed by atoms with Crippen LogP contribution in [0.1, 0.15) is 30.8 Å². The van der Waals surface area contributed by atoms with Crippen molar-refractivity contribution in [1.82, 2.24) is 29.6 Å². The quantitative estimate of drug-likeness (QED) is 0.432. The van der Waals surface area contributed by atoms with Crippen molar-refractivity contribution < 1.29 is 13.5 Å². The molecule has 10 heteroatoms. The molecule has 1 aromatic carbocycles. The van der Waals surface area contributed by atoms with E-state index in [0.29, 0.717) is 35.9 Å². The Hall–Kier alpha value is -3.79. The smallest absolute Gasteiger partial charge is 0.286 e. The first-order chi connectivity index (χ1) is 16.2. The number of benzene rings is 1. The Morgan fingerprint density at radius 3 is 2.85 bits per heavy atom. The maximum atomic E-state index is 13.7. The van der Waals surface area contributed by atoms with Crippen molar-refractivity contribution in [1.29, 1.82) is 0 Å². The van der Waals surface area contributed by atoms with Crippen molar-refractivity contribution in [2.45, 2.75) is 38.8 Å². The third-order valence-corrected chi connectivity index (χ3v) is 5.89. The van der Waals surface area contributed by atoms with Crippen LogP contribution in [0.4, 0.5) is 14.6 Å². The number of nitrogens with zero attached hydrogens (tertiary/aromatic N) is 5. The summed E-state index contributed by atoms with van der Waals surface area (Å²) in [7, 11) is 1.49. The summed E-state index contributed by atoms with van der Waals surface area (Å²) in [6.07, 6.45) is 4.17. The highest BCUT2D eigenvalue weighted by Crippen LogP contribution is 2.32. The zero-order chi connectivity index (χ0) is 24.0. The minimum atomic E-state index is -2.99. The van der Waals surface area contributed by atoms with Gasteiger partial charge in [-0.2, -0.15) is 13.9 Å². The van der Waals surface area contributed by atoms with E-state index in [-0.39, 0.29) is 5.69 Å². The number of anilines is 1. The van der Waals surface area contributed by atoms with Crippen LogP contribution in [0, 0.1) is 0 Å². The molecule has 2 N–H and O–H groups in total. The van der Waals surface area contributed by atoms with Crippen LogP contribution in [-0.4, -0.2) is 30.4 Å². The Kier molecular flexibility index (Phi) is 5.32. The molecule has 0 amide bonds. The monoisotopic (exact) mass is 465 g/mol. The van der Waals surface area contributed by atoms with E-state index in [1.807, 2.05) is 35.0 Å². The van der Waals surface area contributed by atoms with E-state index in [2.05, 4.69) is 39.2 Å². The van der Waals surface area contributed by atoms with Gasteiger partial charge in [0.15, 0.2) is 5.82 Å². The first-order valence-corrected chi connectivity index (χ1v) is 10.9. The van der Waals surface area contributed by atoms with E-state index in [1.54, 1.807) is 0 Å². The van der Waals surface area contributed by atoms with Crippen LogP contribution in [-0.2, 0) is 25.9 Å². The number of alkyl halides is 2. The number of fused-ring (bicyclic) bond motifs is 2. The van der Waals surface area contributed by atoms with Gasteiger partial charge in [0.05, 0.1) is 11.2 Å². The molecule has 4 heterocycles. The summed E-state index contributed by atoms with van der Waals surface area (Å²) in [6, 6.07) is 9.28. The fourth-order valence-electron chi connectivity index (χ4n) is 4.20. The van der Waals surface area contributed by atoms with Crippen LogP contribution < -0.4 is 15.4 Å². The largest absolute Gasteiger partial charge is 0.439 e. The molecule has 1 atom stereocenters. The summed E-state index contributed by atoms with van der Waals surface area (Å²) in [5.74, 6) is -0.976. The molecule has 34 heavy (non-hydrogen) atoms. The van der Waals surface area contributed by atoms with Gasteiger partial charge in [-0.1, -0.05) is 6.58 Å². The molecule has 0 saturated carbocycles. The number of hydrogen-bond donors (Lipinski definition) is 2. The van der Waals surface area contributed by atoms with Crippen molar-refractivity contribution in [2.75, 3.05) is 5.32 Å². The van der Waals surface area contributed by atoms with E-state index in [9.17, 15) is 8.78 Å². The average molecular weight is 466 g/mol. The molecule has 0 bridgehead atoms. The summed E-state index contributed by atoms with van der Waals surface area (Å²) >= 11 is 0. The Morgan fingerprint density at radius 2 is 2.09 bits per heavy atom. The number of rotatable bonds is 6. The predicted molar refractivity (Wildman–Crippen MR) is 126 cm³/mol. The molecule has 0 fully saturated rings. The minimum Gasteiger partial charge on any atom is -0.439 e. The lowest BCUT2D eigenvalue weighted by molar-refractivity contribution is 0.00883. The fourth-order valence-corrected chi connectivity index (χ4v) is 4.20. The third kappa shape index (κ3) is 4.12. The molecule has 8 nitrogen and oxygen atoms in total. The van der Waals surface area contributed by atoms with Crippen LogP contribution in [0.25, 0.3) is 16.7 Å². The second-order valence-electron chi connectivity index (χ2n) is 8.60. The Labute approximate surface area is 195 Å². The molecular formula is C24H25F2N7O. The van der Waals surface area contributed by atoms with Gasteiger partial charge in [0.25, 0.3) is 5.92 Å². The van der Waals surface area contributed by atoms with Crippen LogP contribution >= 0.6 is 0 Å². The van der Waals surface area contributed by atoms with Gasteiger partial charge in [0.1, 0.15) is 23.6 Å². The molecule has 0 unspecified atom stereocenters. The summed E-state index contributed by atoms with van der Waals surface area (Å²) in [4.78, 5) is 8.72. The highest BCUT2D eigenvalue weighted by atomic mass is 19.3. The number of ether oxygens (including phenoxy) is 1. The highest BCUT2D eigenvalue weighted by molar-refractivity contribution is 5.85. The molecule has 5 rings (SSSR count). The SMILES string of the molecule is C=C(Nc1cc(C(C)(F)F)n(C)n1)n1ccc2cc(Oc3ncnc4c3C[C@H](C)NC4)ccc21. The molecule has 0 saturated heterocycles. The molecule has 1 aliphatic heterocycles. The van der Waals surface area contributed by atoms with Crippen molar-refractivity contribution in [3.05, 3.63) is 66.4 Å². The summed E-state index contributed by atoms with van der Waals surface area (Å²) in [6.45, 7) is 7.71. The zero-order valence-corrected chi connectivity index (χ0v) is 19.1. The van der Waals surface area contributed by atoms with Gasteiger partial charge in [0, 0.05) is 49.8 Å². The summed E-state index contributed by atoms with van der Waals surface area (Å²) < 4.78 is 36.6. The minimum absolute atomic E-state index is 0.181. The van der Waals surface area contributed by atoms with E-state index >= 15 is 0 Å². The zero-order valence-electron chi connectivity index (χ0n) is 19.1. The van der Waals surface area contributed by atoms with Gasteiger partial charge in [-0.3, -0.25) is 4.68 Å². The van der Waals surface area contributed by atoms with Gasteiger partial charge in [0.2, 0.25) is 5.88 Å². The topological polar surface area (TPSA) is 81.8 Å². The van der Waals surface area contributed by atoms with Crippen LogP contribution in [0.5, 0.6) is 11.6 Å². The van der Waals surface area contributed by atoms with Crippen LogP contribution in [0.15, 0.2) is 49.4 Å². The fraction of sp³-hybridized carbons (Fsp3) is 0.292. The van der Waals surface area contributed by atoms with E-state index in [4.69, 9.17) is 4.74 Å². The van der Waals surface area contributed by atoms with Gasteiger partial charge >= 0.3 is 0 Å². The van der Waals surface area contributed by atoms with Crippen molar-refractivity contribution in [3.63, 3.8) is 0 Å². The van der Waals surface area contributed by atoms with Gasteiger partial charge in [-0.15, -0.1) is 0 Å². The summed E-state index contributed by atoms with van der Waals surface area (Å²) in [5, 5.41) is 11.5. The number of hydrogen-bond acceptors (Lipinski definition) is 6. The van der Waals surface area contributed by atoms with Crippen LogP contribution in [0.3, 0.4) is 0 Å². The van der Waals surface area contributed by atoms with Gasteiger partial charge in [-0.05, 0) is 37.6 Å².